The lowest BCUT2D eigenvalue weighted by atomic mass is 9.87. The number of amides is 1. The van der Waals surface area contributed by atoms with Gasteiger partial charge in [-0.25, -0.2) is 0 Å². The molecule has 0 spiro atoms. The predicted octanol–water partition coefficient (Wildman–Crippen LogP) is 4.51. The van der Waals surface area contributed by atoms with Gasteiger partial charge in [-0.2, -0.15) is 0 Å². The standard InChI is InChI=1S/C23H26N4OS/c1-16-11-12-20(17(2)13-16)27-15-24-25-23(27)29-14-22(28)26(3)21-10-6-8-18-7-4-5-9-19(18)21/h4-5,7,9,11-13,15,21H,6,8,10,14H2,1-3H3/t21-/m1/s1. The average molecular weight is 407 g/mol. The van der Waals surface area contributed by atoms with E-state index in [2.05, 4.69) is 66.5 Å². The fraction of sp³-hybridized carbons (Fsp3) is 0.348. The van der Waals surface area contributed by atoms with E-state index in [-0.39, 0.29) is 11.9 Å². The maximum atomic E-state index is 13.0. The highest BCUT2D eigenvalue weighted by molar-refractivity contribution is 7.99. The third-order valence-corrected chi connectivity index (χ3v) is 6.58. The fourth-order valence-corrected chi connectivity index (χ4v) is 4.94. The van der Waals surface area contributed by atoms with E-state index in [1.807, 2.05) is 16.5 Å². The lowest BCUT2D eigenvalue weighted by Crippen LogP contribution is -2.34. The minimum atomic E-state index is 0.117. The molecule has 150 valence electrons. The molecule has 1 amide bonds. The number of rotatable bonds is 5. The van der Waals surface area contributed by atoms with Gasteiger partial charge in [0.25, 0.3) is 0 Å². The summed E-state index contributed by atoms with van der Waals surface area (Å²) in [6.45, 7) is 4.16. The van der Waals surface area contributed by atoms with E-state index < -0.39 is 0 Å². The summed E-state index contributed by atoms with van der Waals surface area (Å²) in [5.74, 6) is 0.463. The van der Waals surface area contributed by atoms with Crippen molar-refractivity contribution < 1.29 is 4.79 Å². The Morgan fingerprint density at radius 3 is 2.90 bits per heavy atom. The van der Waals surface area contributed by atoms with Crippen LogP contribution in [0.3, 0.4) is 0 Å². The van der Waals surface area contributed by atoms with Gasteiger partial charge in [0.05, 0.1) is 17.5 Å². The van der Waals surface area contributed by atoms with Crippen LogP contribution in [0.25, 0.3) is 5.69 Å². The molecule has 1 aliphatic rings. The molecule has 0 fully saturated rings. The molecule has 5 nitrogen and oxygen atoms in total. The van der Waals surface area contributed by atoms with Crippen molar-refractivity contribution in [3.63, 3.8) is 0 Å². The molecule has 2 aromatic carbocycles. The summed E-state index contributed by atoms with van der Waals surface area (Å²) in [6.07, 6.45) is 4.95. The van der Waals surface area contributed by atoms with Crippen molar-refractivity contribution in [3.05, 3.63) is 71.0 Å². The lowest BCUT2D eigenvalue weighted by Gasteiger charge is -2.33. The molecule has 1 aliphatic carbocycles. The fourth-order valence-electron chi connectivity index (χ4n) is 4.10. The minimum Gasteiger partial charge on any atom is -0.338 e. The molecule has 0 radical (unpaired) electrons. The van der Waals surface area contributed by atoms with E-state index in [0.29, 0.717) is 5.75 Å². The molecule has 1 heterocycles. The Bertz CT molecular complexity index is 1030. The Kier molecular flexibility index (Phi) is 5.72. The van der Waals surface area contributed by atoms with Crippen LogP contribution in [-0.4, -0.2) is 38.4 Å². The third-order valence-electron chi connectivity index (χ3n) is 5.65. The molecule has 3 aromatic rings. The first-order chi connectivity index (χ1) is 14.0. The van der Waals surface area contributed by atoms with E-state index in [9.17, 15) is 4.79 Å². The smallest absolute Gasteiger partial charge is 0.233 e. The molecule has 0 bridgehead atoms. The molecule has 4 rings (SSSR count). The number of aryl methyl sites for hydroxylation is 3. The third kappa shape index (κ3) is 4.08. The van der Waals surface area contributed by atoms with Gasteiger partial charge < -0.3 is 4.90 Å². The number of carbonyl (C=O) groups is 1. The Balaban J connectivity index is 1.47. The molecule has 0 saturated heterocycles. The van der Waals surface area contributed by atoms with Crippen LogP contribution >= 0.6 is 11.8 Å². The number of nitrogens with zero attached hydrogens (tertiary/aromatic N) is 4. The van der Waals surface area contributed by atoms with E-state index >= 15 is 0 Å². The highest BCUT2D eigenvalue weighted by Crippen LogP contribution is 2.34. The first-order valence-electron chi connectivity index (χ1n) is 9.98. The zero-order chi connectivity index (χ0) is 20.4. The normalized spacial score (nSPS) is 15.8. The number of hydrogen-bond acceptors (Lipinski definition) is 4. The molecule has 6 heteroatoms. The van der Waals surface area contributed by atoms with Crippen LogP contribution in [0.5, 0.6) is 0 Å². The molecule has 29 heavy (non-hydrogen) atoms. The number of hydrogen-bond donors (Lipinski definition) is 0. The SMILES string of the molecule is Cc1ccc(-n2cnnc2SCC(=O)N(C)[C@@H]2CCCc3ccccc32)c(C)c1. The maximum Gasteiger partial charge on any atom is 0.233 e. The van der Waals surface area contributed by atoms with E-state index in [1.165, 1.54) is 28.5 Å². The average Bonchev–Trinajstić information content (AvgIpc) is 3.19. The first kappa shape index (κ1) is 19.7. The number of thioether (sulfide) groups is 1. The summed E-state index contributed by atoms with van der Waals surface area (Å²) in [7, 11) is 1.92. The van der Waals surface area contributed by atoms with Gasteiger partial charge in [-0.3, -0.25) is 9.36 Å². The van der Waals surface area contributed by atoms with Crippen LogP contribution in [0.15, 0.2) is 53.9 Å². The predicted molar refractivity (Wildman–Crippen MR) is 116 cm³/mol. The topological polar surface area (TPSA) is 51.0 Å². The van der Waals surface area contributed by atoms with Gasteiger partial charge in [-0.05, 0) is 55.9 Å². The number of benzene rings is 2. The van der Waals surface area contributed by atoms with Gasteiger partial charge >= 0.3 is 0 Å². The Hall–Kier alpha value is -2.60. The number of fused-ring (bicyclic) bond motifs is 1. The first-order valence-corrected chi connectivity index (χ1v) is 11.0. The summed E-state index contributed by atoms with van der Waals surface area (Å²) >= 11 is 1.44. The molecule has 0 aliphatic heterocycles. The van der Waals surface area contributed by atoms with Gasteiger partial charge in [-0.15, -0.1) is 10.2 Å². The van der Waals surface area contributed by atoms with Crippen LogP contribution in [0.4, 0.5) is 0 Å². The highest BCUT2D eigenvalue weighted by atomic mass is 32.2. The van der Waals surface area contributed by atoms with Crippen LogP contribution in [-0.2, 0) is 11.2 Å². The Morgan fingerprint density at radius 1 is 1.24 bits per heavy atom. The van der Waals surface area contributed by atoms with Crippen LogP contribution < -0.4 is 0 Å². The van der Waals surface area contributed by atoms with Crippen LogP contribution in [0.2, 0.25) is 0 Å². The summed E-state index contributed by atoms with van der Waals surface area (Å²) in [5, 5.41) is 9.05. The van der Waals surface area contributed by atoms with E-state index in [0.717, 1.165) is 35.7 Å². The molecule has 1 aromatic heterocycles. The largest absolute Gasteiger partial charge is 0.338 e. The van der Waals surface area contributed by atoms with E-state index in [1.54, 1.807) is 6.33 Å². The van der Waals surface area contributed by atoms with E-state index in [4.69, 9.17) is 0 Å². The lowest BCUT2D eigenvalue weighted by molar-refractivity contribution is -0.129. The molecular weight excluding hydrogens is 380 g/mol. The van der Waals surface area contributed by atoms with Crippen molar-refractivity contribution in [1.29, 1.82) is 0 Å². The monoisotopic (exact) mass is 406 g/mol. The number of aromatic nitrogens is 3. The van der Waals surface area contributed by atoms with Crippen LogP contribution in [0.1, 0.15) is 41.1 Å². The van der Waals surface area contributed by atoms with Crippen molar-refractivity contribution in [2.24, 2.45) is 0 Å². The van der Waals surface area contributed by atoms with Crippen molar-refractivity contribution in [2.45, 2.75) is 44.3 Å². The molecule has 0 saturated carbocycles. The van der Waals surface area contributed by atoms with Crippen molar-refractivity contribution in [2.75, 3.05) is 12.8 Å². The van der Waals surface area contributed by atoms with Crippen molar-refractivity contribution >= 4 is 17.7 Å². The Labute approximate surface area is 176 Å². The minimum absolute atomic E-state index is 0.117. The molecule has 1 atom stereocenters. The molecule has 0 unspecified atom stereocenters. The zero-order valence-electron chi connectivity index (χ0n) is 17.1. The van der Waals surface area contributed by atoms with Gasteiger partial charge in [-0.1, -0.05) is 53.7 Å². The summed E-state index contributed by atoms with van der Waals surface area (Å²) in [4.78, 5) is 14.9. The van der Waals surface area contributed by atoms with Crippen molar-refractivity contribution in [3.8, 4) is 5.69 Å². The Morgan fingerprint density at radius 2 is 2.07 bits per heavy atom. The highest BCUT2D eigenvalue weighted by Gasteiger charge is 2.26. The summed E-state index contributed by atoms with van der Waals surface area (Å²) in [6, 6.07) is 14.9. The summed E-state index contributed by atoms with van der Waals surface area (Å²) in [5.41, 5.74) is 6.08. The second kappa shape index (κ2) is 8.41. The van der Waals surface area contributed by atoms with Gasteiger partial charge in [0, 0.05) is 7.05 Å². The molecule has 0 N–H and O–H groups in total. The molecular formula is C23H26N4OS. The second-order valence-corrected chi connectivity index (χ2v) is 8.62. The zero-order valence-corrected chi connectivity index (χ0v) is 17.9. The van der Waals surface area contributed by atoms with Crippen molar-refractivity contribution in [1.82, 2.24) is 19.7 Å². The van der Waals surface area contributed by atoms with Crippen LogP contribution in [0, 0.1) is 13.8 Å². The number of carbonyl (C=O) groups excluding carboxylic acids is 1. The second-order valence-electron chi connectivity index (χ2n) is 7.67. The quantitative estimate of drug-likeness (QED) is 0.585. The summed E-state index contributed by atoms with van der Waals surface area (Å²) < 4.78 is 1.96. The maximum absolute atomic E-state index is 13.0. The van der Waals surface area contributed by atoms with Gasteiger partial charge in [0.2, 0.25) is 5.91 Å². The van der Waals surface area contributed by atoms with Gasteiger partial charge in [0.15, 0.2) is 5.16 Å². The van der Waals surface area contributed by atoms with Gasteiger partial charge in [0.1, 0.15) is 6.33 Å².